The Morgan fingerprint density at radius 1 is 0.964 bits per heavy atom. The third kappa shape index (κ3) is 3.64. The maximum Gasteiger partial charge on any atom is 0.255 e. The number of fused-ring (bicyclic) bond motifs is 1. The molecule has 0 aliphatic rings. The lowest BCUT2D eigenvalue weighted by atomic mass is 10.1. The first-order valence-corrected chi connectivity index (χ1v) is 9.29. The number of nitrogens with one attached hydrogen (secondary N) is 2. The first-order valence-electron chi connectivity index (χ1n) is 8.16. The predicted octanol–water partition coefficient (Wildman–Crippen LogP) is 6.15. The van der Waals surface area contributed by atoms with E-state index in [0.717, 1.165) is 11.0 Å². The van der Waals surface area contributed by atoms with Crippen LogP contribution in [0.5, 0.6) is 5.75 Å². The standard InChI is InChI=1S/C20H12Cl3N3O2/c21-12-3-6-15-17(9-12)25-19(24-15)10-2-5-16(18(27)8-10)26-20(28)11-1-4-13(22)14(23)7-11/h1-9,27H,(H,24,25)(H,26,28). The number of carbonyl (C=O) groups excluding carboxylic acids is 1. The van der Waals surface area contributed by atoms with Crippen LogP contribution in [0.1, 0.15) is 10.4 Å². The number of rotatable bonds is 3. The van der Waals surface area contributed by atoms with Crippen LogP contribution in [0.15, 0.2) is 54.6 Å². The lowest BCUT2D eigenvalue weighted by Crippen LogP contribution is -2.12. The Morgan fingerprint density at radius 2 is 1.79 bits per heavy atom. The molecule has 0 fully saturated rings. The molecule has 0 atom stereocenters. The number of H-pyrrole nitrogens is 1. The Morgan fingerprint density at radius 3 is 2.54 bits per heavy atom. The molecule has 0 spiro atoms. The van der Waals surface area contributed by atoms with E-state index in [1.165, 1.54) is 18.2 Å². The summed E-state index contributed by atoms with van der Waals surface area (Å²) in [6.07, 6.45) is 0. The largest absolute Gasteiger partial charge is 0.506 e. The van der Waals surface area contributed by atoms with E-state index >= 15 is 0 Å². The summed E-state index contributed by atoms with van der Waals surface area (Å²) >= 11 is 17.8. The van der Waals surface area contributed by atoms with Gasteiger partial charge in [0.1, 0.15) is 11.6 Å². The number of nitrogens with zero attached hydrogens (tertiary/aromatic N) is 1. The molecule has 3 aromatic carbocycles. The van der Waals surface area contributed by atoms with Crippen LogP contribution >= 0.6 is 34.8 Å². The molecule has 1 aromatic heterocycles. The first kappa shape index (κ1) is 18.6. The minimum Gasteiger partial charge on any atom is -0.506 e. The molecule has 140 valence electrons. The van der Waals surface area contributed by atoms with Gasteiger partial charge < -0.3 is 15.4 Å². The number of aromatic nitrogens is 2. The van der Waals surface area contributed by atoms with E-state index in [4.69, 9.17) is 34.8 Å². The molecule has 4 rings (SSSR count). The number of halogens is 3. The lowest BCUT2D eigenvalue weighted by molar-refractivity contribution is 0.102. The summed E-state index contributed by atoms with van der Waals surface area (Å²) in [6.45, 7) is 0. The zero-order valence-electron chi connectivity index (χ0n) is 14.1. The average molecular weight is 433 g/mol. The fourth-order valence-corrected chi connectivity index (χ4v) is 3.21. The van der Waals surface area contributed by atoms with Crippen molar-refractivity contribution in [2.75, 3.05) is 5.32 Å². The highest BCUT2D eigenvalue weighted by Gasteiger charge is 2.13. The third-order valence-corrected chi connectivity index (χ3v) is 5.12. The molecule has 28 heavy (non-hydrogen) atoms. The molecule has 0 bridgehead atoms. The lowest BCUT2D eigenvalue weighted by Gasteiger charge is -2.09. The van der Waals surface area contributed by atoms with Crippen LogP contribution in [0.3, 0.4) is 0 Å². The maximum absolute atomic E-state index is 12.4. The minimum atomic E-state index is -0.417. The van der Waals surface area contributed by atoms with Gasteiger partial charge in [0.05, 0.1) is 26.8 Å². The van der Waals surface area contributed by atoms with Crippen LogP contribution in [0, 0.1) is 0 Å². The number of phenolic OH excluding ortho intramolecular Hbond substituents is 1. The Balaban J connectivity index is 1.60. The maximum atomic E-state index is 12.4. The van der Waals surface area contributed by atoms with Gasteiger partial charge in [-0.2, -0.15) is 0 Å². The van der Waals surface area contributed by atoms with Crippen LogP contribution in [0.4, 0.5) is 5.69 Å². The average Bonchev–Trinajstić information content (AvgIpc) is 3.08. The van der Waals surface area contributed by atoms with Crippen molar-refractivity contribution in [3.05, 3.63) is 75.2 Å². The van der Waals surface area contributed by atoms with Gasteiger partial charge in [-0.05, 0) is 54.6 Å². The van der Waals surface area contributed by atoms with Crippen molar-refractivity contribution in [1.29, 1.82) is 0 Å². The van der Waals surface area contributed by atoms with E-state index < -0.39 is 5.91 Å². The summed E-state index contributed by atoms with van der Waals surface area (Å²) in [6, 6.07) is 14.7. The van der Waals surface area contributed by atoms with Gasteiger partial charge in [0.25, 0.3) is 5.91 Å². The van der Waals surface area contributed by atoms with Gasteiger partial charge in [0.15, 0.2) is 0 Å². The van der Waals surface area contributed by atoms with Crippen LogP contribution in [0.25, 0.3) is 22.4 Å². The normalized spacial score (nSPS) is 11.0. The van der Waals surface area contributed by atoms with Gasteiger partial charge in [0, 0.05) is 16.1 Å². The van der Waals surface area contributed by atoms with Crippen molar-refractivity contribution in [3.8, 4) is 17.1 Å². The highest BCUT2D eigenvalue weighted by Crippen LogP contribution is 2.31. The fraction of sp³-hybridized carbons (Fsp3) is 0. The van der Waals surface area contributed by atoms with Gasteiger partial charge >= 0.3 is 0 Å². The third-order valence-electron chi connectivity index (χ3n) is 4.15. The molecule has 0 aliphatic carbocycles. The molecule has 5 nitrogen and oxygen atoms in total. The second-order valence-electron chi connectivity index (χ2n) is 6.06. The second kappa shape index (κ2) is 7.36. The smallest absolute Gasteiger partial charge is 0.255 e. The molecule has 3 N–H and O–H groups in total. The summed E-state index contributed by atoms with van der Waals surface area (Å²) in [5, 5.41) is 14.2. The van der Waals surface area contributed by atoms with E-state index in [1.54, 1.807) is 30.3 Å². The zero-order chi connectivity index (χ0) is 19.8. The van der Waals surface area contributed by atoms with Crippen molar-refractivity contribution >= 4 is 57.4 Å². The van der Waals surface area contributed by atoms with Gasteiger partial charge in [-0.1, -0.05) is 34.8 Å². The number of benzene rings is 3. The predicted molar refractivity (Wildman–Crippen MR) is 113 cm³/mol. The highest BCUT2D eigenvalue weighted by molar-refractivity contribution is 6.42. The highest BCUT2D eigenvalue weighted by atomic mass is 35.5. The summed E-state index contributed by atoms with van der Waals surface area (Å²) < 4.78 is 0. The molecule has 0 saturated carbocycles. The van der Waals surface area contributed by atoms with Gasteiger partial charge in [-0.15, -0.1) is 0 Å². The Bertz CT molecular complexity index is 1220. The quantitative estimate of drug-likeness (QED) is 0.340. The van der Waals surface area contributed by atoms with Crippen molar-refractivity contribution in [2.24, 2.45) is 0 Å². The molecule has 4 aromatic rings. The summed E-state index contributed by atoms with van der Waals surface area (Å²) in [5.74, 6) is 0.0688. The van der Waals surface area contributed by atoms with E-state index in [1.807, 2.05) is 6.07 Å². The summed E-state index contributed by atoms with van der Waals surface area (Å²) in [5.41, 5.74) is 2.80. The summed E-state index contributed by atoms with van der Waals surface area (Å²) in [4.78, 5) is 20.0. The monoisotopic (exact) mass is 431 g/mol. The fourth-order valence-electron chi connectivity index (χ4n) is 2.74. The van der Waals surface area contributed by atoms with Crippen molar-refractivity contribution in [3.63, 3.8) is 0 Å². The van der Waals surface area contributed by atoms with E-state index in [9.17, 15) is 9.90 Å². The molecular weight excluding hydrogens is 421 g/mol. The molecule has 0 radical (unpaired) electrons. The van der Waals surface area contributed by atoms with Gasteiger partial charge in [-0.25, -0.2) is 4.98 Å². The van der Waals surface area contributed by atoms with Crippen LogP contribution in [0.2, 0.25) is 15.1 Å². The Labute approximate surface area is 174 Å². The van der Waals surface area contributed by atoms with E-state index in [0.29, 0.717) is 27.0 Å². The number of hydrogen-bond acceptors (Lipinski definition) is 3. The Hall–Kier alpha value is -2.73. The second-order valence-corrected chi connectivity index (χ2v) is 7.31. The number of aromatic hydroxyl groups is 1. The molecule has 0 aliphatic heterocycles. The molecule has 0 unspecified atom stereocenters. The van der Waals surface area contributed by atoms with Crippen LogP contribution in [-0.4, -0.2) is 21.0 Å². The first-order chi connectivity index (χ1) is 13.4. The zero-order valence-corrected chi connectivity index (χ0v) is 16.4. The molecule has 0 saturated heterocycles. The number of amides is 1. The van der Waals surface area contributed by atoms with Crippen molar-refractivity contribution in [2.45, 2.75) is 0 Å². The number of imidazole rings is 1. The number of hydrogen-bond donors (Lipinski definition) is 3. The summed E-state index contributed by atoms with van der Waals surface area (Å²) in [7, 11) is 0. The molecule has 1 amide bonds. The molecular formula is C20H12Cl3N3O2. The number of aromatic amines is 1. The van der Waals surface area contributed by atoms with Crippen LogP contribution < -0.4 is 5.32 Å². The van der Waals surface area contributed by atoms with Crippen molar-refractivity contribution in [1.82, 2.24) is 9.97 Å². The topological polar surface area (TPSA) is 78.0 Å². The van der Waals surface area contributed by atoms with Crippen molar-refractivity contribution < 1.29 is 9.90 Å². The number of anilines is 1. The molecule has 8 heteroatoms. The number of phenols is 1. The molecule has 1 heterocycles. The van der Waals surface area contributed by atoms with Crippen LogP contribution in [-0.2, 0) is 0 Å². The van der Waals surface area contributed by atoms with E-state index in [-0.39, 0.29) is 16.5 Å². The van der Waals surface area contributed by atoms with Gasteiger partial charge in [-0.3, -0.25) is 4.79 Å². The number of carbonyl (C=O) groups is 1. The van der Waals surface area contributed by atoms with Gasteiger partial charge in [0.2, 0.25) is 0 Å². The van der Waals surface area contributed by atoms with E-state index in [2.05, 4.69) is 15.3 Å². The minimum absolute atomic E-state index is 0.0931. The SMILES string of the molecule is O=C(Nc1ccc(-c2nc3ccc(Cl)cc3[nH]2)cc1O)c1ccc(Cl)c(Cl)c1. The Kier molecular flexibility index (Phi) is 4.89.